The molecule has 0 fully saturated rings. The lowest BCUT2D eigenvalue weighted by Crippen LogP contribution is -2.25. The molecule has 2 aromatic rings. The molecule has 1 unspecified atom stereocenters. The Morgan fingerprint density at radius 1 is 1.19 bits per heavy atom. The third-order valence-corrected chi connectivity index (χ3v) is 3.50. The molecule has 0 spiro atoms. The minimum absolute atomic E-state index is 0.0206. The van der Waals surface area contributed by atoms with E-state index in [0.717, 1.165) is 11.1 Å². The summed E-state index contributed by atoms with van der Waals surface area (Å²) in [6, 6.07) is 11.9. The molecule has 0 aliphatic carbocycles. The van der Waals surface area contributed by atoms with E-state index in [9.17, 15) is 5.11 Å². The summed E-state index contributed by atoms with van der Waals surface area (Å²) < 4.78 is 53.1. The lowest BCUT2D eigenvalue weighted by molar-refractivity contribution is 0.460. The Labute approximate surface area is 137 Å². The molecule has 0 radical (unpaired) electrons. The molecule has 0 bridgehead atoms. The first-order chi connectivity index (χ1) is 12.9. The van der Waals surface area contributed by atoms with Crippen LogP contribution in [0.25, 0.3) is 0 Å². The Balaban J connectivity index is 2.31. The monoisotopic (exact) mass is 290 g/mol. The van der Waals surface area contributed by atoms with E-state index in [1.54, 1.807) is 12.1 Å². The topological polar surface area (TPSA) is 32.3 Å². The Hall–Kier alpha value is -1.80. The lowest BCUT2D eigenvalue weighted by atomic mass is 9.87. The van der Waals surface area contributed by atoms with Gasteiger partial charge >= 0.3 is 0 Å². The van der Waals surface area contributed by atoms with Crippen molar-refractivity contribution >= 4 is 0 Å². The predicted molar refractivity (Wildman–Crippen MR) is 88.9 cm³/mol. The number of hydrogen-bond donors (Lipinski definition) is 2. The summed E-state index contributed by atoms with van der Waals surface area (Å²) in [5.74, 6) is -0.172. The fourth-order valence-electron chi connectivity index (χ4n) is 2.48. The van der Waals surface area contributed by atoms with Gasteiger partial charge in [0.2, 0.25) is 0 Å². The van der Waals surface area contributed by atoms with Crippen LogP contribution in [-0.2, 0) is 0 Å². The number of benzene rings is 2. The van der Waals surface area contributed by atoms with Crippen LogP contribution in [0, 0.1) is 6.92 Å². The molecular formula is C19H25NO. The number of hydrogen-bond acceptors (Lipinski definition) is 2. The second-order valence-corrected chi connectivity index (χ2v) is 5.12. The van der Waals surface area contributed by atoms with E-state index in [1.165, 1.54) is 0 Å². The van der Waals surface area contributed by atoms with Crippen molar-refractivity contribution in [2.75, 3.05) is 6.54 Å². The maximum absolute atomic E-state index is 10.3. The molecule has 2 aromatic carbocycles. The second kappa shape index (κ2) is 7.28. The fourth-order valence-corrected chi connectivity index (χ4v) is 2.48. The van der Waals surface area contributed by atoms with Crippen molar-refractivity contribution in [2.45, 2.75) is 39.0 Å². The smallest absolute Gasteiger partial charge is 0.119 e. The third-order valence-electron chi connectivity index (χ3n) is 3.50. The van der Waals surface area contributed by atoms with Crippen LogP contribution in [0.3, 0.4) is 0 Å². The van der Waals surface area contributed by atoms with Crippen LogP contribution >= 0.6 is 0 Å². The highest BCUT2D eigenvalue weighted by Gasteiger charge is 2.17. The van der Waals surface area contributed by atoms with Crippen LogP contribution in [0.15, 0.2) is 48.5 Å². The molecule has 112 valence electrons. The standard InChI is InChI=1S/C19H25NO/c1-14(2)20-12-11-17(16-7-5-4-6-8-16)18-13-15(3)9-10-19(18)21/h4-10,13-14,17,20-21H,11-12H2,1-3H3/i1D3,2D3,14D. The molecule has 2 heteroatoms. The van der Waals surface area contributed by atoms with Gasteiger partial charge in [-0.3, -0.25) is 0 Å². The average molecular weight is 290 g/mol. The van der Waals surface area contributed by atoms with Crippen LogP contribution in [0.5, 0.6) is 5.75 Å². The first-order valence-electron chi connectivity index (χ1n) is 10.5. The van der Waals surface area contributed by atoms with Crippen molar-refractivity contribution in [1.29, 1.82) is 0 Å². The highest BCUT2D eigenvalue weighted by atomic mass is 16.3. The van der Waals surface area contributed by atoms with E-state index in [-0.39, 0.29) is 18.2 Å². The van der Waals surface area contributed by atoms with E-state index in [2.05, 4.69) is 5.32 Å². The highest BCUT2D eigenvalue weighted by molar-refractivity contribution is 5.43. The molecule has 0 aromatic heterocycles. The number of phenols is 1. The molecule has 0 saturated carbocycles. The van der Waals surface area contributed by atoms with Gasteiger partial charge in [-0.2, -0.15) is 0 Å². The van der Waals surface area contributed by atoms with Gasteiger partial charge in [0.1, 0.15) is 5.75 Å². The summed E-state index contributed by atoms with van der Waals surface area (Å²) in [6.45, 7) is -4.16. The molecular weight excluding hydrogens is 258 g/mol. The summed E-state index contributed by atoms with van der Waals surface area (Å²) in [4.78, 5) is 0. The zero-order chi connectivity index (χ0) is 21.2. The van der Waals surface area contributed by atoms with Crippen molar-refractivity contribution < 1.29 is 14.7 Å². The number of nitrogens with one attached hydrogen (secondary N) is 1. The van der Waals surface area contributed by atoms with E-state index in [0.29, 0.717) is 12.0 Å². The quantitative estimate of drug-likeness (QED) is 0.835. The minimum Gasteiger partial charge on any atom is -0.508 e. The molecule has 2 N–H and O–H groups in total. The molecule has 21 heavy (non-hydrogen) atoms. The van der Waals surface area contributed by atoms with Gasteiger partial charge in [-0.1, -0.05) is 61.7 Å². The van der Waals surface area contributed by atoms with Crippen LogP contribution in [0.4, 0.5) is 0 Å². The Bertz CT molecular complexity index is 773. The van der Waals surface area contributed by atoms with Crippen LogP contribution in [0.1, 0.15) is 52.3 Å². The average Bonchev–Trinajstić information content (AvgIpc) is 2.60. The summed E-state index contributed by atoms with van der Waals surface area (Å²) >= 11 is 0. The fraction of sp³-hybridized carbons (Fsp3) is 0.368. The minimum atomic E-state index is -3.02. The molecule has 0 heterocycles. The molecule has 0 aliphatic rings. The Morgan fingerprint density at radius 3 is 2.67 bits per heavy atom. The van der Waals surface area contributed by atoms with Gasteiger partial charge in [0.25, 0.3) is 0 Å². The normalized spacial score (nSPS) is 19.2. The summed E-state index contributed by atoms with van der Waals surface area (Å²) in [7, 11) is 0. The number of aromatic hydroxyl groups is 1. The van der Waals surface area contributed by atoms with Crippen molar-refractivity contribution in [2.24, 2.45) is 0 Å². The number of rotatable bonds is 6. The first-order valence-corrected chi connectivity index (χ1v) is 6.96. The maximum atomic E-state index is 10.3. The molecule has 2 nitrogen and oxygen atoms in total. The van der Waals surface area contributed by atoms with Gasteiger partial charge in [-0.25, -0.2) is 0 Å². The maximum Gasteiger partial charge on any atom is 0.119 e. The third kappa shape index (κ3) is 4.33. The van der Waals surface area contributed by atoms with Crippen LogP contribution < -0.4 is 5.32 Å². The highest BCUT2D eigenvalue weighted by Crippen LogP contribution is 2.34. The molecule has 0 amide bonds. The summed E-state index contributed by atoms with van der Waals surface area (Å²) in [5.41, 5.74) is 2.54. The first kappa shape index (κ1) is 8.60. The van der Waals surface area contributed by atoms with Gasteiger partial charge in [0.15, 0.2) is 0 Å². The van der Waals surface area contributed by atoms with Crippen molar-refractivity contribution in [1.82, 2.24) is 5.32 Å². The molecule has 1 atom stereocenters. The van der Waals surface area contributed by atoms with Crippen LogP contribution in [0.2, 0.25) is 0 Å². The van der Waals surface area contributed by atoms with Gasteiger partial charge in [-0.15, -0.1) is 0 Å². The van der Waals surface area contributed by atoms with E-state index >= 15 is 0 Å². The van der Waals surface area contributed by atoms with E-state index in [1.807, 2.05) is 43.3 Å². The molecule has 0 aliphatic heterocycles. The van der Waals surface area contributed by atoms with E-state index < -0.39 is 19.7 Å². The molecule has 0 saturated heterocycles. The number of phenolic OH excluding ortho intramolecular Hbond substituents is 1. The van der Waals surface area contributed by atoms with Gasteiger partial charge in [0, 0.05) is 27.1 Å². The van der Waals surface area contributed by atoms with E-state index in [4.69, 9.17) is 9.60 Å². The van der Waals surface area contributed by atoms with Gasteiger partial charge in [0.05, 0.1) is 0 Å². The van der Waals surface area contributed by atoms with Crippen molar-refractivity contribution in [3.05, 3.63) is 65.2 Å². The van der Waals surface area contributed by atoms with Crippen molar-refractivity contribution in [3.8, 4) is 5.75 Å². The van der Waals surface area contributed by atoms with Crippen molar-refractivity contribution in [3.63, 3.8) is 0 Å². The van der Waals surface area contributed by atoms with Gasteiger partial charge in [-0.05, 0) is 31.5 Å². The Morgan fingerprint density at radius 2 is 1.95 bits per heavy atom. The van der Waals surface area contributed by atoms with Crippen LogP contribution in [-0.4, -0.2) is 17.7 Å². The molecule has 2 rings (SSSR count). The summed E-state index contributed by atoms with van der Waals surface area (Å²) in [5, 5.41) is 12.8. The SMILES string of the molecule is [2H]C([2H])([2H])C([2H])(NCCC(c1ccccc1)c1cc(C)ccc1O)C([2H])([2H])[2H]. The Kier molecular flexibility index (Phi) is 2.98. The lowest BCUT2D eigenvalue weighted by Gasteiger charge is -2.21. The summed E-state index contributed by atoms with van der Waals surface area (Å²) in [6.07, 6.45) is 0.313. The largest absolute Gasteiger partial charge is 0.508 e. The number of aryl methyl sites for hydroxylation is 1. The predicted octanol–water partition coefficient (Wildman–Crippen LogP) is 4.22. The zero-order valence-corrected chi connectivity index (χ0v) is 12.1. The van der Waals surface area contributed by atoms with Gasteiger partial charge < -0.3 is 10.4 Å². The zero-order valence-electron chi connectivity index (χ0n) is 19.1. The second-order valence-electron chi connectivity index (χ2n) is 5.12.